The Hall–Kier alpha value is -1.76. The van der Waals surface area contributed by atoms with E-state index in [0.717, 1.165) is 5.69 Å². The molecule has 0 aliphatic rings. The number of hydrogen-bond donors (Lipinski definition) is 2. The SMILES string of the molecule is Cc1ncsc1C(=O)Nc1cn[nH]n1. The molecule has 0 bridgehead atoms. The summed E-state index contributed by atoms with van der Waals surface area (Å²) in [6.07, 6.45) is 1.44. The van der Waals surface area contributed by atoms with E-state index in [9.17, 15) is 4.79 Å². The fraction of sp³-hybridized carbons (Fsp3) is 0.143. The molecule has 2 heterocycles. The number of aryl methyl sites for hydroxylation is 1. The Labute approximate surface area is 83.4 Å². The smallest absolute Gasteiger partial charge is 0.268 e. The number of amides is 1. The second kappa shape index (κ2) is 3.54. The van der Waals surface area contributed by atoms with Gasteiger partial charge in [-0.05, 0) is 6.92 Å². The van der Waals surface area contributed by atoms with Gasteiger partial charge < -0.3 is 5.32 Å². The molecule has 0 aliphatic heterocycles. The summed E-state index contributed by atoms with van der Waals surface area (Å²) < 4.78 is 0. The first-order chi connectivity index (χ1) is 6.77. The van der Waals surface area contributed by atoms with Gasteiger partial charge in [0.1, 0.15) is 4.88 Å². The number of carbonyl (C=O) groups excluding carboxylic acids is 1. The average Bonchev–Trinajstić information content (AvgIpc) is 2.75. The summed E-state index contributed by atoms with van der Waals surface area (Å²) in [5.74, 6) is 0.196. The molecule has 0 aromatic carbocycles. The van der Waals surface area contributed by atoms with Gasteiger partial charge in [0.2, 0.25) is 0 Å². The maximum absolute atomic E-state index is 11.6. The molecule has 0 spiro atoms. The van der Waals surface area contributed by atoms with Crippen LogP contribution >= 0.6 is 11.3 Å². The van der Waals surface area contributed by atoms with Gasteiger partial charge in [-0.1, -0.05) is 0 Å². The van der Waals surface area contributed by atoms with E-state index >= 15 is 0 Å². The van der Waals surface area contributed by atoms with Gasteiger partial charge in [-0.15, -0.1) is 16.4 Å². The molecule has 2 N–H and O–H groups in total. The summed E-state index contributed by atoms with van der Waals surface area (Å²) >= 11 is 1.30. The van der Waals surface area contributed by atoms with E-state index in [1.165, 1.54) is 17.5 Å². The maximum atomic E-state index is 11.6. The second-order valence-corrected chi connectivity index (χ2v) is 3.43. The number of nitrogens with zero attached hydrogens (tertiary/aromatic N) is 3. The van der Waals surface area contributed by atoms with Crippen LogP contribution in [0, 0.1) is 6.92 Å². The van der Waals surface area contributed by atoms with Crippen LogP contribution in [-0.2, 0) is 0 Å². The number of thiazole rings is 1. The summed E-state index contributed by atoms with van der Waals surface area (Å²) in [4.78, 5) is 16.1. The molecule has 2 rings (SSSR count). The van der Waals surface area contributed by atoms with Crippen LogP contribution in [0.4, 0.5) is 5.82 Å². The van der Waals surface area contributed by atoms with E-state index in [4.69, 9.17) is 0 Å². The minimum absolute atomic E-state index is 0.209. The Balaban J connectivity index is 2.14. The van der Waals surface area contributed by atoms with Crippen molar-refractivity contribution in [2.75, 3.05) is 5.32 Å². The molecule has 6 nitrogen and oxygen atoms in total. The van der Waals surface area contributed by atoms with Gasteiger partial charge >= 0.3 is 0 Å². The van der Waals surface area contributed by atoms with Gasteiger partial charge in [-0.3, -0.25) is 4.79 Å². The lowest BCUT2D eigenvalue weighted by Gasteiger charge is -1.97. The monoisotopic (exact) mass is 209 g/mol. The quantitative estimate of drug-likeness (QED) is 0.767. The molecule has 2 aromatic rings. The predicted octanol–water partition coefficient (Wildman–Crippen LogP) is 0.822. The lowest BCUT2D eigenvalue weighted by atomic mass is 10.4. The highest BCUT2D eigenvalue weighted by atomic mass is 32.1. The van der Waals surface area contributed by atoms with Crippen molar-refractivity contribution < 1.29 is 4.79 Å². The van der Waals surface area contributed by atoms with Crippen LogP contribution < -0.4 is 5.32 Å². The number of rotatable bonds is 2. The first kappa shape index (κ1) is 8.82. The number of nitrogens with one attached hydrogen (secondary N) is 2. The van der Waals surface area contributed by atoms with Crippen LogP contribution in [0.2, 0.25) is 0 Å². The van der Waals surface area contributed by atoms with Gasteiger partial charge in [-0.2, -0.15) is 10.3 Å². The zero-order valence-electron chi connectivity index (χ0n) is 7.31. The predicted molar refractivity (Wildman–Crippen MR) is 51.2 cm³/mol. The van der Waals surface area contributed by atoms with Crippen LogP contribution in [-0.4, -0.2) is 26.3 Å². The zero-order valence-corrected chi connectivity index (χ0v) is 8.13. The molecule has 0 aliphatic carbocycles. The fourth-order valence-corrected chi connectivity index (χ4v) is 1.65. The topological polar surface area (TPSA) is 83.6 Å². The summed E-state index contributed by atoms with van der Waals surface area (Å²) in [5, 5.41) is 12.3. The van der Waals surface area contributed by atoms with E-state index in [-0.39, 0.29) is 5.91 Å². The van der Waals surface area contributed by atoms with Crippen molar-refractivity contribution in [2.45, 2.75) is 6.92 Å². The van der Waals surface area contributed by atoms with Crippen molar-refractivity contribution >= 4 is 23.1 Å². The van der Waals surface area contributed by atoms with Gasteiger partial charge in [-0.25, -0.2) is 4.98 Å². The summed E-state index contributed by atoms with van der Waals surface area (Å²) in [6, 6.07) is 0. The lowest BCUT2D eigenvalue weighted by Crippen LogP contribution is -2.11. The number of anilines is 1. The molecule has 0 fully saturated rings. The van der Waals surface area contributed by atoms with Crippen molar-refractivity contribution in [2.24, 2.45) is 0 Å². The lowest BCUT2D eigenvalue weighted by molar-refractivity contribution is 0.102. The summed E-state index contributed by atoms with van der Waals surface area (Å²) in [7, 11) is 0. The Bertz CT molecular complexity index is 435. The van der Waals surface area contributed by atoms with Gasteiger partial charge in [0.05, 0.1) is 17.4 Å². The van der Waals surface area contributed by atoms with E-state index in [1.54, 1.807) is 12.4 Å². The van der Waals surface area contributed by atoms with Crippen molar-refractivity contribution in [1.82, 2.24) is 20.4 Å². The number of hydrogen-bond acceptors (Lipinski definition) is 5. The molecule has 2 aromatic heterocycles. The first-order valence-electron chi connectivity index (χ1n) is 3.84. The van der Waals surface area contributed by atoms with Crippen LogP contribution in [0.3, 0.4) is 0 Å². The van der Waals surface area contributed by atoms with Gasteiger partial charge in [0, 0.05) is 0 Å². The molecule has 0 saturated carbocycles. The molecule has 0 saturated heterocycles. The molecule has 0 atom stereocenters. The Morgan fingerprint density at radius 1 is 1.64 bits per heavy atom. The largest absolute Gasteiger partial charge is 0.303 e. The highest BCUT2D eigenvalue weighted by molar-refractivity contribution is 7.12. The van der Waals surface area contributed by atoms with Gasteiger partial charge in [0.25, 0.3) is 5.91 Å². The van der Waals surface area contributed by atoms with E-state index in [1.807, 2.05) is 0 Å². The number of aromatic amines is 1. The van der Waals surface area contributed by atoms with E-state index in [0.29, 0.717) is 10.7 Å². The van der Waals surface area contributed by atoms with Crippen LogP contribution in [0.1, 0.15) is 15.4 Å². The van der Waals surface area contributed by atoms with Gasteiger partial charge in [0.15, 0.2) is 5.82 Å². The van der Waals surface area contributed by atoms with Crippen molar-refractivity contribution in [3.8, 4) is 0 Å². The van der Waals surface area contributed by atoms with E-state index < -0.39 is 0 Å². The molecular weight excluding hydrogens is 202 g/mol. The Morgan fingerprint density at radius 2 is 2.50 bits per heavy atom. The third-order valence-electron chi connectivity index (χ3n) is 1.61. The molecule has 72 valence electrons. The second-order valence-electron chi connectivity index (χ2n) is 2.58. The third kappa shape index (κ3) is 1.62. The van der Waals surface area contributed by atoms with Crippen LogP contribution in [0.25, 0.3) is 0 Å². The van der Waals surface area contributed by atoms with Crippen molar-refractivity contribution in [3.05, 3.63) is 22.3 Å². The highest BCUT2D eigenvalue weighted by Gasteiger charge is 2.12. The molecule has 7 heteroatoms. The standard InChI is InChI=1S/C7H7N5OS/c1-4-6(14-3-8-4)7(13)10-5-2-9-12-11-5/h2-3H,1H3,(H2,9,10,11,12,13). The third-order valence-corrected chi connectivity index (χ3v) is 2.54. The number of carbonyl (C=O) groups is 1. The molecule has 14 heavy (non-hydrogen) atoms. The summed E-state index contributed by atoms with van der Waals surface area (Å²) in [6.45, 7) is 1.79. The van der Waals surface area contributed by atoms with E-state index in [2.05, 4.69) is 25.7 Å². The molecular formula is C7H7N5OS. The summed E-state index contributed by atoms with van der Waals surface area (Å²) in [5.41, 5.74) is 2.35. The molecule has 0 unspecified atom stereocenters. The normalized spacial score (nSPS) is 10.1. The fourth-order valence-electron chi connectivity index (χ4n) is 0.955. The van der Waals surface area contributed by atoms with Crippen LogP contribution in [0.5, 0.6) is 0 Å². The number of H-pyrrole nitrogens is 1. The maximum Gasteiger partial charge on any atom is 0.268 e. The zero-order chi connectivity index (χ0) is 9.97. The molecule has 1 amide bonds. The Morgan fingerprint density at radius 3 is 3.07 bits per heavy atom. The highest BCUT2D eigenvalue weighted by Crippen LogP contribution is 2.13. The van der Waals surface area contributed by atoms with Crippen LogP contribution in [0.15, 0.2) is 11.7 Å². The number of aromatic nitrogens is 4. The van der Waals surface area contributed by atoms with Crippen molar-refractivity contribution in [1.29, 1.82) is 0 Å². The minimum atomic E-state index is -0.209. The first-order valence-corrected chi connectivity index (χ1v) is 4.72. The van der Waals surface area contributed by atoms with Crippen molar-refractivity contribution in [3.63, 3.8) is 0 Å². The average molecular weight is 209 g/mol. The molecule has 0 radical (unpaired) electrons. The Kier molecular flexibility index (Phi) is 2.23. The minimum Gasteiger partial charge on any atom is -0.303 e.